The minimum Gasteiger partial charge on any atom is -0.465 e. The summed E-state index contributed by atoms with van der Waals surface area (Å²) in [6.45, 7) is 3.56. The van der Waals surface area contributed by atoms with Crippen LogP contribution in [0.1, 0.15) is 32.9 Å². The van der Waals surface area contributed by atoms with Gasteiger partial charge in [-0.05, 0) is 49.8 Å². The van der Waals surface area contributed by atoms with E-state index in [0.717, 1.165) is 16.3 Å². The molecular formula is C25H22FN3O4. The number of nitrogens with zero attached hydrogens (tertiary/aromatic N) is 2. The van der Waals surface area contributed by atoms with Crippen LogP contribution in [-0.2, 0) is 16.1 Å². The third-order valence-electron chi connectivity index (χ3n) is 5.57. The van der Waals surface area contributed by atoms with E-state index in [1.165, 1.54) is 19.2 Å². The van der Waals surface area contributed by atoms with Gasteiger partial charge in [-0.25, -0.2) is 14.0 Å². The molecule has 1 fully saturated rings. The van der Waals surface area contributed by atoms with Gasteiger partial charge in [-0.2, -0.15) is 0 Å². The number of esters is 1. The first-order chi connectivity index (χ1) is 15.8. The maximum Gasteiger partial charge on any atom is 0.339 e. The van der Waals surface area contributed by atoms with Crippen LogP contribution in [0, 0.1) is 19.7 Å². The molecule has 3 aromatic rings. The van der Waals surface area contributed by atoms with Gasteiger partial charge in [0.05, 0.1) is 24.9 Å². The number of para-hydroxylation sites is 1. The Morgan fingerprint density at radius 3 is 2.52 bits per heavy atom. The van der Waals surface area contributed by atoms with E-state index in [1.807, 2.05) is 36.6 Å². The third-order valence-corrected chi connectivity index (χ3v) is 5.57. The fourth-order valence-electron chi connectivity index (χ4n) is 3.92. The van der Waals surface area contributed by atoms with Crippen molar-refractivity contribution in [3.05, 3.63) is 94.2 Å². The maximum atomic E-state index is 14.0. The van der Waals surface area contributed by atoms with Crippen molar-refractivity contribution in [2.75, 3.05) is 7.11 Å². The number of carbonyl (C=O) groups excluding carboxylic acids is 3. The van der Waals surface area contributed by atoms with E-state index in [1.54, 1.807) is 30.3 Å². The number of ether oxygens (including phenoxy) is 1. The molecule has 0 aliphatic carbocycles. The third kappa shape index (κ3) is 4.03. The molecule has 168 valence electrons. The van der Waals surface area contributed by atoms with Gasteiger partial charge in [0.1, 0.15) is 11.5 Å². The number of aromatic nitrogens is 1. The van der Waals surface area contributed by atoms with E-state index in [9.17, 15) is 18.8 Å². The standard InChI is InChI=1S/C25H22FN3O4/c1-15-12-18(16(2)29(15)22-11-7-5-9-19(22)24(31)33-3)13-21-23(30)28(25(32)27-21)14-17-8-4-6-10-20(17)26/h4-13H,14H2,1-3H3,(H,27,32)/b21-13+. The van der Waals surface area contributed by atoms with Crippen molar-refractivity contribution in [1.29, 1.82) is 0 Å². The number of nitrogens with one attached hydrogen (secondary N) is 1. The first kappa shape index (κ1) is 22.0. The van der Waals surface area contributed by atoms with Crippen LogP contribution < -0.4 is 5.32 Å². The fraction of sp³-hybridized carbons (Fsp3) is 0.160. The lowest BCUT2D eigenvalue weighted by Gasteiger charge is -2.13. The van der Waals surface area contributed by atoms with Crippen molar-refractivity contribution >= 4 is 24.0 Å². The van der Waals surface area contributed by atoms with E-state index in [-0.39, 0.29) is 17.8 Å². The van der Waals surface area contributed by atoms with E-state index < -0.39 is 23.7 Å². The summed E-state index contributed by atoms with van der Waals surface area (Å²) in [7, 11) is 1.33. The Balaban J connectivity index is 1.68. The number of benzene rings is 2. The molecule has 1 aliphatic rings. The number of aryl methyl sites for hydroxylation is 1. The number of carbonyl (C=O) groups is 3. The van der Waals surface area contributed by atoms with Gasteiger partial charge in [-0.1, -0.05) is 30.3 Å². The Morgan fingerprint density at radius 1 is 1.09 bits per heavy atom. The molecule has 33 heavy (non-hydrogen) atoms. The van der Waals surface area contributed by atoms with Crippen molar-refractivity contribution in [2.24, 2.45) is 0 Å². The summed E-state index contributed by atoms with van der Waals surface area (Å²) in [5.74, 6) is -1.48. The highest BCUT2D eigenvalue weighted by molar-refractivity contribution is 6.14. The highest BCUT2D eigenvalue weighted by atomic mass is 19.1. The zero-order chi connectivity index (χ0) is 23.7. The Morgan fingerprint density at radius 2 is 1.79 bits per heavy atom. The van der Waals surface area contributed by atoms with Crippen LogP contribution in [-0.4, -0.2) is 34.5 Å². The van der Waals surface area contributed by atoms with Crippen LogP contribution in [0.3, 0.4) is 0 Å². The van der Waals surface area contributed by atoms with Gasteiger partial charge in [-0.15, -0.1) is 0 Å². The second kappa shape index (κ2) is 8.74. The van der Waals surface area contributed by atoms with Gasteiger partial charge in [-0.3, -0.25) is 9.69 Å². The van der Waals surface area contributed by atoms with Gasteiger partial charge in [0, 0.05) is 17.0 Å². The average Bonchev–Trinajstić information content (AvgIpc) is 3.23. The largest absolute Gasteiger partial charge is 0.465 e. The minimum absolute atomic E-state index is 0.0952. The Hall–Kier alpha value is -4.20. The number of imide groups is 1. The van der Waals surface area contributed by atoms with Crippen molar-refractivity contribution in [3.8, 4) is 5.69 Å². The predicted octanol–water partition coefficient (Wildman–Crippen LogP) is 4.11. The van der Waals surface area contributed by atoms with Crippen LogP contribution in [0.2, 0.25) is 0 Å². The normalized spacial score (nSPS) is 14.7. The van der Waals surface area contributed by atoms with Crippen molar-refractivity contribution in [2.45, 2.75) is 20.4 Å². The summed E-state index contributed by atoms with van der Waals surface area (Å²) < 4.78 is 20.8. The lowest BCUT2D eigenvalue weighted by atomic mass is 10.1. The molecule has 3 amide bonds. The molecule has 0 unspecified atom stereocenters. The molecule has 4 rings (SSSR count). The second-order valence-corrected chi connectivity index (χ2v) is 7.64. The first-order valence-electron chi connectivity index (χ1n) is 10.3. The Kier molecular flexibility index (Phi) is 5.83. The summed E-state index contributed by atoms with van der Waals surface area (Å²) in [6.07, 6.45) is 1.58. The molecule has 1 aromatic heterocycles. The SMILES string of the molecule is COC(=O)c1ccccc1-n1c(C)cc(/C=C2/NC(=O)N(Cc3ccccc3F)C2=O)c1C. The molecular weight excluding hydrogens is 425 g/mol. The van der Waals surface area contributed by atoms with Gasteiger partial charge in [0.2, 0.25) is 0 Å². The second-order valence-electron chi connectivity index (χ2n) is 7.64. The van der Waals surface area contributed by atoms with Crippen molar-refractivity contribution in [3.63, 3.8) is 0 Å². The van der Waals surface area contributed by atoms with E-state index >= 15 is 0 Å². The van der Waals surface area contributed by atoms with E-state index in [0.29, 0.717) is 16.8 Å². The number of hydrogen-bond donors (Lipinski definition) is 1. The highest BCUT2D eigenvalue weighted by Gasteiger charge is 2.34. The van der Waals surface area contributed by atoms with Crippen LogP contribution in [0.4, 0.5) is 9.18 Å². The molecule has 0 radical (unpaired) electrons. The molecule has 7 nitrogen and oxygen atoms in total. The topological polar surface area (TPSA) is 80.6 Å². The number of rotatable bonds is 5. The number of hydrogen-bond acceptors (Lipinski definition) is 4. The number of urea groups is 1. The summed E-state index contributed by atoms with van der Waals surface area (Å²) in [4.78, 5) is 38.5. The van der Waals surface area contributed by atoms with Crippen LogP contribution in [0.25, 0.3) is 11.8 Å². The summed E-state index contributed by atoms with van der Waals surface area (Å²) in [5.41, 5.74) is 3.69. The summed E-state index contributed by atoms with van der Waals surface area (Å²) >= 11 is 0. The molecule has 2 aromatic carbocycles. The molecule has 1 saturated heterocycles. The molecule has 1 aliphatic heterocycles. The molecule has 0 atom stereocenters. The lowest BCUT2D eigenvalue weighted by Crippen LogP contribution is -2.30. The predicted molar refractivity (Wildman–Crippen MR) is 120 cm³/mol. The monoisotopic (exact) mass is 447 g/mol. The lowest BCUT2D eigenvalue weighted by molar-refractivity contribution is -0.123. The number of methoxy groups -OCH3 is 1. The number of amides is 3. The summed E-state index contributed by atoms with van der Waals surface area (Å²) in [6, 6.07) is 14.3. The maximum absolute atomic E-state index is 14.0. The smallest absolute Gasteiger partial charge is 0.339 e. The van der Waals surface area contributed by atoms with Gasteiger partial charge in [0.25, 0.3) is 5.91 Å². The molecule has 0 saturated carbocycles. The Labute approximate surface area is 190 Å². The van der Waals surface area contributed by atoms with E-state index in [4.69, 9.17) is 4.74 Å². The zero-order valence-corrected chi connectivity index (χ0v) is 18.4. The minimum atomic E-state index is -0.612. The van der Waals surface area contributed by atoms with E-state index in [2.05, 4.69) is 5.32 Å². The fourth-order valence-corrected chi connectivity index (χ4v) is 3.92. The van der Waals surface area contributed by atoms with Gasteiger partial charge < -0.3 is 14.6 Å². The molecule has 0 spiro atoms. The van der Waals surface area contributed by atoms with Gasteiger partial charge in [0.15, 0.2) is 0 Å². The quantitative estimate of drug-likeness (QED) is 0.363. The highest BCUT2D eigenvalue weighted by Crippen LogP contribution is 2.26. The molecule has 2 heterocycles. The zero-order valence-electron chi connectivity index (χ0n) is 18.4. The van der Waals surface area contributed by atoms with Crippen LogP contribution in [0.5, 0.6) is 0 Å². The number of halogens is 1. The molecule has 8 heteroatoms. The van der Waals surface area contributed by atoms with Crippen LogP contribution >= 0.6 is 0 Å². The average molecular weight is 447 g/mol. The Bertz CT molecular complexity index is 1310. The van der Waals surface area contributed by atoms with Crippen molar-refractivity contribution < 1.29 is 23.5 Å². The molecule has 1 N–H and O–H groups in total. The summed E-state index contributed by atoms with van der Waals surface area (Å²) in [5, 5.41) is 2.57. The van der Waals surface area contributed by atoms with Crippen molar-refractivity contribution in [1.82, 2.24) is 14.8 Å². The first-order valence-corrected chi connectivity index (χ1v) is 10.3. The van der Waals surface area contributed by atoms with Gasteiger partial charge >= 0.3 is 12.0 Å². The molecule has 0 bridgehead atoms. The van der Waals surface area contributed by atoms with Crippen LogP contribution in [0.15, 0.2) is 60.3 Å².